The molecule has 3 aromatic heterocycles. The molecule has 4 aromatic carbocycles. The van der Waals surface area contributed by atoms with E-state index in [-0.39, 0.29) is 17.2 Å². The number of halogens is 6. The van der Waals surface area contributed by atoms with Crippen LogP contribution >= 0.6 is 11.3 Å². The van der Waals surface area contributed by atoms with Crippen LogP contribution in [-0.2, 0) is 12.4 Å². The summed E-state index contributed by atoms with van der Waals surface area (Å²) in [6.07, 6.45) is -6.40. The number of nitrogens with zero attached hydrogens (tertiary/aromatic N) is 2. The summed E-state index contributed by atoms with van der Waals surface area (Å²) < 4.78 is 81.3. The molecule has 0 spiro atoms. The molecule has 0 aliphatic heterocycles. The molecule has 0 aliphatic rings. The number of aromatic nitrogens is 2. The molecule has 43 heavy (non-hydrogen) atoms. The normalized spacial score (nSPS) is 12.4. The first kappa shape index (κ1) is 27.1. The van der Waals surface area contributed by atoms with E-state index in [1.165, 1.54) is 12.1 Å². The number of fused-ring (bicyclic) bond motifs is 4. The number of hydrogen-bond donors (Lipinski definition) is 0. The van der Waals surface area contributed by atoms with E-state index in [1.807, 2.05) is 42.5 Å². The molecular formula is C34H18F6N2S. The Morgan fingerprint density at radius 3 is 1.93 bits per heavy atom. The summed E-state index contributed by atoms with van der Waals surface area (Å²) in [5.74, 6) is 0. The van der Waals surface area contributed by atoms with Gasteiger partial charge in [0.2, 0.25) is 0 Å². The fourth-order valence-corrected chi connectivity index (χ4v) is 6.46. The second-order valence-corrected chi connectivity index (χ2v) is 11.1. The van der Waals surface area contributed by atoms with E-state index in [2.05, 4.69) is 28.2 Å². The van der Waals surface area contributed by atoms with Crippen molar-refractivity contribution in [3.05, 3.63) is 121 Å². The van der Waals surface area contributed by atoms with E-state index in [0.717, 1.165) is 54.7 Å². The molecule has 0 atom stereocenters. The van der Waals surface area contributed by atoms with E-state index in [4.69, 9.17) is 0 Å². The van der Waals surface area contributed by atoms with Crippen molar-refractivity contribution < 1.29 is 26.3 Å². The third kappa shape index (κ3) is 4.99. The van der Waals surface area contributed by atoms with Crippen molar-refractivity contribution in [1.29, 1.82) is 0 Å². The SMILES string of the molecule is FC(F)(F)c1cc(-c2ccc3cc(-c4ccc(-c5cccc6c5sc5ncccc56)cc4)cnc3c2)cc(C(F)(F)F)c1. The quantitative estimate of drug-likeness (QED) is 0.189. The van der Waals surface area contributed by atoms with Crippen LogP contribution in [0.4, 0.5) is 26.3 Å². The van der Waals surface area contributed by atoms with Crippen molar-refractivity contribution in [2.45, 2.75) is 12.4 Å². The second-order valence-electron chi connectivity index (χ2n) is 10.1. The molecule has 0 saturated carbocycles. The van der Waals surface area contributed by atoms with Gasteiger partial charge in [0.05, 0.1) is 16.6 Å². The zero-order valence-electron chi connectivity index (χ0n) is 22.0. The first-order valence-corrected chi connectivity index (χ1v) is 13.9. The van der Waals surface area contributed by atoms with Crippen LogP contribution in [0.2, 0.25) is 0 Å². The number of thiophene rings is 1. The summed E-state index contributed by atoms with van der Waals surface area (Å²) in [6, 6.07) is 26.4. The third-order valence-electron chi connectivity index (χ3n) is 7.41. The zero-order chi connectivity index (χ0) is 29.9. The predicted octanol–water partition coefficient (Wildman–Crippen LogP) is 11.0. The lowest BCUT2D eigenvalue weighted by molar-refractivity contribution is -0.143. The molecule has 7 rings (SSSR count). The Balaban J connectivity index is 1.22. The van der Waals surface area contributed by atoms with Gasteiger partial charge in [-0.1, -0.05) is 54.6 Å². The fraction of sp³-hybridized carbons (Fsp3) is 0.0588. The Hall–Kier alpha value is -4.76. The van der Waals surface area contributed by atoms with Gasteiger partial charge in [-0.25, -0.2) is 4.98 Å². The van der Waals surface area contributed by atoms with Crippen LogP contribution < -0.4 is 0 Å². The highest BCUT2D eigenvalue weighted by Crippen LogP contribution is 2.41. The summed E-state index contributed by atoms with van der Waals surface area (Å²) in [6.45, 7) is 0. The van der Waals surface area contributed by atoms with E-state index in [0.29, 0.717) is 10.9 Å². The monoisotopic (exact) mass is 600 g/mol. The molecule has 0 aliphatic carbocycles. The van der Waals surface area contributed by atoms with Crippen molar-refractivity contribution in [3.63, 3.8) is 0 Å². The molecule has 0 radical (unpaired) electrons. The molecule has 7 aromatic rings. The molecule has 9 heteroatoms. The highest BCUT2D eigenvalue weighted by Gasteiger charge is 2.37. The van der Waals surface area contributed by atoms with Crippen LogP contribution in [0, 0.1) is 0 Å². The standard InChI is InChI=1S/C34H18F6N2S/c35-33(36,37)25-14-23(15-26(17-25)34(38,39)40)21-10-11-22-13-24(18-42-30(22)16-21)19-6-8-20(9-7-19)27-3-1-4-28-29-5-2-12-41-32(29)43-31(27)28/h1-18H. The molecule has 3 heterocycles. The number of hydrogen-bond acceptors (Lipinski definition) is 3. The van der Waals surface area contributed by atoms with Crippen LogP contribution in [0.1, 0.15) is 11.1 Å². The van der Waals surface area contributed by atoms with Crippen LogP contribution in [0.5, 0.6) is 0 Å². The topological polar surface area (TPSA) is 25.8 Å². The van der Waals surface area contributed by atoms with Gasteiger partial charge in [-0.15, -0.1) is 11.3 Å². The number of alkyl halides is 6. The Kier molecular flexibility index (Phi) is 6.25. The third-order valence-corrected chi connectivity index (χ3v) is 8.57. The summed E-state index contributed by atoms with van der Waals surface area (Å²) in [5, 5.41) is 2.99. The fourth-order valence-electron chi connectivity index (χ4n) is 5.28. The molecule has 0 bridgehead atoms. The van der Waals surface area contributed by atoms with Gasteiger partial charge in [-0.2, -0.15) is 26.3 Å². The van der Waals surface area contributed by atoms with E-state index < -0.39 is 23.5 Å². The van der Waals surface area contributed by atoms with Crippen LogP contribution in [-0.4, -0.2) is 9.97 Å². The van der Waals surface area contributed by atoms with Crippen LogP contribution in [0.25, 0.3) is 64.6 Å². The average molecular weight is 601 g/mol. The summed E-state index contributed by atoms with van der Waals surface area (Å²) in [5.41, 5.74) is 1.67. The van der Waals surface area contributed by atoms with Crippen molar-refractivity contribution in [1.82, 2.24) is 9.97 Å². The Morgan fingerprint density at radius 2 is 1.21 bits per heavy atom. The van der Waals surface area contributed by atoms with Gasteiger partial charge >= 0.3 is 12.4 Å². The molecular weight excluding hydrogens is 582 g/mol. The molecule has 0 N–H and O–H groups in total. The largest absolute Gasteiger partial charge is 0.416 e. The number of benzene rings is 4. The van der Waals surface area contributed by atoms with Gasteiger partial charge in [-0.05, 0) is 70.3 Å². The summed E-state index contributed by atoms with van der Waals surface area (Å²) in [4.78, 5) is 9.97. The Bertz CT molecular complexity index is 2130. The number of pyridine rings is 2. The second kappa shape index (κ2) is 9.91. The summed E-state index contributed by atoms with van der Waals surface area (Å²) >= 11 is 1.66. The first-order valence-electron chi connectivity index (χ1n) is 13.1. The number of rotatable bonds is 3. The maximum atomic E-state index is 13.4. The van der Waals surface area contributed by atoms with Gasteiger partial charge in [-0.3, -0.25) is 4.98 Å². The average Bonchev–Trinajstić information content (AvgIpc) is 3.38. The highest BCUT2D eigenvalue weighted by molar-refractivity contribution is 7.26. The van der Waals surface area contributed by atoms with Gasteiger partial charge in [0.1, 0.15) is 4.83 Å². The van der Waals surface area contributed by atoms with Gasteiger partial charge in [0.25, 0.3) is 0 Å². The van der Waals surface area contributed by atoms with Crippen LogP contribution in [0.3, 0.4) is 0 Å². The van der Waals surface area contributed by atoms with Gasteiger partial charge < -0.3 is 0 Å². The minimum absolute atomic E-state index is 0.125. The van der Waals surface area contributed by atoms with E-state index in [9.17, 15) is 26.3 Å². The Morgan fingerprint density at radius 1 is 0.535 bits per heavy atom. The molecule has 0 fully saturated rings. The van der Waals surface area contributed by atoms with E-state index >= 15 is 0 Å². The minimum atomic E-state index is -4.92. The molecule has 0 unspecified atom stereocenters. The lowest BCUT2D eigenvalue weighted by Crippen LogP contribution is -2.11. The zero-order valence-corrected chi connectivity index (χ0v) is 22.8. The van der Waals surface area contributed by atoms with E-state index in [1.54, 1.807) is 29.8 Å². The highest BCUT2D eigenvalue weighted by atomic mass is 32.1. The molecule has 0 amide bonds. The van der Waals surface area contributed by atoms with Crippen molar-refractivity contribution in [2.24, 2.45) is 0 Å². The molecule has 2 nitrogen and oxygen atoms in total. The maximum Gasteiger partial charge on any atom is 0.416 e. The van der Waals surface area contributed by atoms with Gasteiger partial charge in [0.15, 0.2) is 0 Å². The Labute approximate surface area is 244 Å². The molecule has 212 valence electrons. The van der Waals surface area contributed by atoms with Crippen molar-refractivity contribution >= 4 is 42.5 Å². The summed E-state index contributed by atoms with van der Waals surface area (Å²) in [7, 11) is 0. The van der Waals surface area contributed by atoms with Crippen molar-refractivity contribution in [3.8, 4) is 33.4 Å². The lowest BCUT2D eigenvalue weighted by atomic mass is 9.97. The lowest BCUT2D eigenvalue weighted by Gasteiger charge is -2.14. The predicted molar refractivity (Wildman–Crippen MR) is 159 cm³/mol. The smallest absolute Gasteiger partial charge is 0.256 e. The maximum absolute atomic E-state index is 13.4. The molecule has 0 saturated heterocycles. The van der Waals surface area contributed by atoms with Gasteiger partial charge in [0, 0.05) is 38.8 Å². The first-order chi connectivity index (χ1) is 20.5. The minimum Gasteiger partial charge on any atom is -0.256 e. The van der Waals surface area contributed by atoms with Crippen molar-refractivity contribution in [2.75, 3.05) is 0 Å². The van der Waals surface area contributed by atoms with Crippen LogP contribution in [0.15, 0.2) is 109 Å².